The van der Waals surface area contributed by atoms with E-state index in [0.717, 1.165) is 18.7 Å². The number of pyridine rings is 1. The van der Waals surface area contributed by atoms with Crippen LogP contribution < -0.4 is 16.0 Å². The maximum Gasteiger partial charge on any atom is 0.257 e. The van der Waals surface area contributed by atoms with Crippen molar-refractivity contribution in [2.45, 2.75) is 13.3 Å². The summed E-state index contributed by atoms with van der Waals surface area (Å²) in [6.07, 6.45) is 4.10. The van der Waals surface area contributed by atoms with Crippen molar-refractivity contribution < 1.29 is 9.59 Å². The van der Waals surface area contributed by atoms with Crippen LogP contribution in [0.15, 0.2) is 73.1 Å². The van der Waals surface area contributed by atoms with Gasteiger partial charge >= 0.3 is 0 Å². The number of nitrogens with one attached hydrogen (secondary N) is 3. The molecule has 0 radical (unpaired) electrons. The van der Waals surface area contributed by atoms with Crippen LogP contribution in [0.4, 0.5) is 17.1 Å². The molecule has 6 heteroatoms. The zero-order valence-electron chi connectivity index (χ0n) is 15.6. The largest absolute Gasteiger partial charge is 0.383 e. The molecule has 0 aliphatic carbocycles. The second-order valence-corrected chi connectivity index (χ2v) is 6.34. The minimum atomic E-state index is -0.265. The van der Waals surface area contributed by atoms with Gasteiger partial charge in [-0.05, 0) is 36.2 Å². The van der Waals surface area contributed by atoms with E-state index in [1.165, 1.54) is 18.7 Å². The first-order valence-corrected chi connectivity index (χ1v) is 9.02. The standard InChI is InChI=1S/C22H22N4O2/c1-16(27)25-19-8-5-9-20(13-19)26-22(28)18-12-21(15-23-14-18)24-11-10-17-6-3-2-4-7-17/h2-9,12-15,24H,10-11H2,1H3,(H,25,27)(H,26,28). The van der Waals surface area contributed by atoms with Gasteiger partial charge in [-0.25, -0.2) is 0 Å². The van der Waals surface area contributed by atoms with E-state index in [9.17, 15) is 9.59 Å². The molecule has 1 heterocycles. The number of amides is 2. The van der Waals surface area contributed by atoms with Crippen LogP contribution in [0, 0.1) is 0 Å². The van der Waals surface area contributed by atoms with Crippen molar-refractivity contribution in [1.82, 2.24) is 4.98 Å². The lowest BCUT2D eigenvalue weighted by molar-refractivity contribution is -0.114. The van der Waals surface area contributed by atoms with Crippen LogP contribution in [0.25, 0.3) is 0 Å². The summed E-state index contributed by atoms with van der Waals surface area (Å²) in [5, 5.41) is 8.81. The zero-order chi connectivity index (χ0) is 19.8. The molecule has 0 spiro atoms. The number of aromatic nitrogens is 1. The Balaban J connectivity index is 1.60. The quantitative estimate of drug-likeness (QED) is 0.585. The van der Waals surface area contributed by atoms with Gasteiger partial charge in [0.1, 0.15) is 0 Å². The summed E-state index contributed by atoms with van der Waals surface area (Å²) in [4.78, 5) is 27.8. The van der Waals surface area contributed by atoms with Crippen LogP contribution in [0.5, 0.6) is 0 Å². The summed E-state index contributed by atoms with van der Waals surface area (Å²) in [5.41, 5.74) is 3.71. The predicted molar refractivity (Wildman–Crippen MR) is 112 cm³/mol. The monoisotopic (exact) mass is 374 g/mol. The molecule has 0 aliphatic rings. The Morgan fingerprint density at radius 2 is 1.61 bits per heavy atom. The first-order chi connectivity index (χ1) is 13.6. The minimum absolute atomic E-state index is 0.165. The lowest BCUT2D eigenvalue weighted by atomic mass is 10.1. The molecule has 28 heavy (non-hydrogen) atoms. The molecule has 2 aromatic carbocycles. The van der Waals surface area contributed by atoms with Crippen LogP contribution in [0.2, 0.25) is 0 Å². The van der Waals surface area contributed by atoms with Crippen molar-refractivity contribution in [3.05, 3.63) is 84.2 Å². The van der Waals surface area contributed by atoms with Gasteiger partial charge in [-0.2, -0.15) is 0 Å². The molecule has 0 unspecified atom stereocenters. The highest BCUT2D eigenvalue weighted by molar-refractivity contribution is 6.05. The van der Waals surface area contributed by atoms with E-state index in [0.29, 0.717) is 16.9 Å². The SMILES string of the molecule is CC(=O)Nc1cccc(NC(=O)c2cncc(NCCc3ccccc3)c2)c1. The van der Waals surface area contributed by atoms with Crippen LogP contribution in [0.3, 0.4) is 0 Å². The van der Waals surface area contributed by atoms with Crippen molar-refractivity contribution in [2.75, 3.05) is 22.5 Å². The number of hydrogen-bond acceptors (Lipinski definition) is 4. The van der Waals surface area contributed by atoms with Crippen molar-refractivity contribution in [2.24, 2.45) is 0 Å². The molecule has 0 saturated carbocycles. The molecule has 3 rings (SSSR count). The number of benzene rings is 2. The van der Waals surface area contributed by atoms with E-state index in [2.05, 4.69) is 33.1 Å². The van der Waals surface area contributed by atoms with E-state index < -0.39 is 0 Å². The molecule has 0 aliphatic heterocycles. The predicted octanol–water partition coefficient (Wildman–Crippen LogP) is 3.95. The van der Waals surface area contributed by atoms with Gasteiger partial charge in [0.15, 0.2) is 0 Å². The second-order valence-electron chi connectivity index (χ2n) is 6.34. The van der Waals surface area contributed by atoms with Gasteiger partial charge in [0.2, 0.25) is 5.91 Å². The fourth-order valence-corrected chi connectivity index (χ4v) is 2.74. The number of hydrogen-bond donors (Lipinski definition) is 3. The summed E-state index contributed by atoms with van der Waals surface area (Å²) >= 11 is 0. The first kappa shape index (κ1) is 19.1. The maximum atomic E-state index is 12.5. The van der Waals surface area contributed by atoms with E-state index in [4.69, 9.17) is 0 Å². The average molecular weight is 374 g/mol. The van der Waals surface area contributed by atoms with Gasteiger partial charge in [-0.15, -0.1) is 0 Å². The molecule has 0 saturated heterocycles. The lowest BCUT2D eigenvalue weighted by Crippen LogP contribution is -2.14. The number of rotatable bonds is 7. The summed E-state index contributed by atoms with van der Waals surface area (Å²) in [6, 6.07) is 19.0. The summed E-state index contributed by atoms with van der Waals surface area (Å²) in [6.45, 7) is 2.18. The number of anilines is 3. The third kappa shape index (κ3) is 5.67. The summed E-state index contributed by atoms with van der Waals surface area (Å²) in [7, 11) is 0. The van der Waals surface area contributed by atoms with Crippen LogP contribution in [-0.4, -0.2) is 23.3 Å². The first-order valence-electron chi connectivity index (χ1n) is 9.02. The zero-order valence-corrected chi connectivity index (χ0v) is 15.6. The molecule has 0 fully saturated rings. The molecule has 0 bridgehead atoms. The third-order valence-electron chi connectivity index (χ3n) is 4.03. The fourth-order valence-electron chi connectivity index (χ4n) is 2.74. The molecular weight excluding hydrogens is 352 g/mol. The van der Waals surface area contributed by atoms with E-state index in [1.807, 2.05) is 18.2 Å². The number of carbonyl (C=O) groups excluding carboxylic acids is 2. The Morgan fingerprint density at radius 1 is 0.857 bits per heavy atom. The summed E-state index contributed by atoms with van der Waals surface area (Å²) < 4.78 is 0. The van der Waals surface area contributed by atoms with E-state index >= 15 is 0 Å². The van der Waals surface area contributed by atoms with Gasteiger partial charge in [0.05, 0.1) is 11.3 Å². The van der Waals surface area contributed by atoms with Crippen LogP contribution in [-0.2, 0) is 11.2 Å². The molecule has 3 aromatic rings. The van der Waals surface area contributed by atoms with E-state index in [-0.39, 0.29) is 11.8 Å². The topological polar surface area (TPSA) is 83.1 Å². The Labute approximate surface area is 164 Å². The Kier molecular flexibility index (Phi) is 6.36. The van der Waals surface area contributed by atoms with Crippen LogP contribution in [0.1, 0.15) is 22.8 Å². The van der Waals surface area contributed by atoms with Gasteiger partial charge in [-0.1, -0.05) is 36.4 Å². The second kappa shape index (κ2) is 9.32. The highest BCUT2D eigenvalue weighted by Gasteiger charge is 2.08. The van der Waals surface area contributed by atoms with Crippen LogP contribution >= 0.6 is 0 Å². The average Bonchev–Trinajstić information content (AvgIpc) is 2.69. The van der Waals surface area contributed by atoms with Crippen molar-refractivity contribution >= 4 is 28.9 Å². The maximum absolute atomic E-state index is 12.5. The molecule has 3 N–H and O–H groups in total. The molecular formula is C22H22N4O2. The Morgan fingerprint density at radius 3 is 2.36 bits per heavy atom. The smallest absolute Gasteiger partial charge is 0.257 e. The van der Waals surface area contributed by atoms with Crippen molar-refractivity contribution in [3.8, 4) is 0 Å². The highest BCUT2D eigenvalue weighted by atomic mass is 16.2. The lowest BCUT2D eigenvalue weighted by Gasteiger charge is -2.10. The Hall–Kier alpha value is -3.67. The molecule has 0 atom stereocenters. The number of nitrogens with zero attached hydrogens (tertiary/aromatic N) is 1. The fraction of sp³-hybridized carbons (Fsp3) is 0.136. The van der Waals surface area contributed by atoms with Gasteiger partial charge in [0.25, 0.3) is 5.91 Å². The summed E-state index contributed by atoms with van der Waals surface area (Å²) in [5.74, 6) is -0.430. The highest BCUT2D eigenvalue weighted by Crippen LogP contribution is 2.17. The van der Waals surface area contributed by atoms with E-state index in [1.54, 1.807) is 36.5 Å². The van der Waals surface area contributed by atoms with Crippen molar-refractivity contribution in [3.63, 3.8) is 0 Å². The Bertz CT molecular complexity index is 958. The van der Waals surface area contributed by atoms with Gasteiger partial charge < -0.3 is 16.0 Å². The molecule has 1 aromatic heterocycles. The van der Waals surface area contributed by atoms with Gasteiger partial charge in [-0.3, -0.25) is 14.6 Å². The molecule has 2 amide bonds. The third-order valence-corrected chi connectivity index (χ3v) is 4.03. The minimum Gasteiger partial charge on any atom is -0.383 e. The molecule has 6 nitrogen and oxygen atoms in total. The van der Waals surface area contributed by atoms with Gasteiger partial charge in [0, 0.05) is 37.2 Å². The molecule has 142 valence electrons. The normalized spacial score (nSPS) is 10.2. The van der Waals surface area contributed by atoms with Crippen molar-refractivity contribution in [1.29, 1.82) is 0 Å². The number of carbonyl (C=O) groups is 2.